The standard InChI is InChI=1S/C28H36N8O2.C2H6/c1-6-21(11-29)10-22(33(4)5)36-15-27(8-7-9-27)23-24(31-18-32-25(23)36)34-12-20(3)35(13-19(34)2)26(37)28(14-30)16-38-17-28;1-2/h6,10,18-20H,7-9,12-13,15-17H2,1-5H3;1-2H3/b21-6+,22-10+;/t19-,20+;/m0./s1. The first-order valence-electron chi connectivity index (χ1n) is 14.4. The van der Waals surface area contributed by atoms with E-state index < -0.39 is 5.41 Å². The molecule has 0 unspecified atom stereocenters. The highest BCUT2D eigenvalue weighted by molar-refractivity contribution is 5.87. The summed E-state index contributed by atoms with van der Waals surface area (Å²) in [6.45, 7) is 12.3. The smallest absolute Gasteiger partial charge is 0.248 e. The third-order valence-corrected chi connectivity index (χ3v) is 8.66. The number of rotatable bonds is 5. The second kappa shape index (κ2) is 11.5. The zero-order valence-corrected chi connectivity index (χ0v) is 24.9. The molecule has 10 nitrogen and oxygen atoms in total. The summed E-state index contributed by atoms with van der Waals surface area (Å²) in [5.41, 5.74) is 0.702. The normalized spacial score (nSPS) is 24.6. The molecule has 4 aliphatic rings. The fourth-order valence-corrected chi connectivity index (χ4v) is 6.21. The molecular formula is C30H42N8O2. The molecule has 1 aliphatic carbocycles. The summed E-state index contributed by atoms with van der Waals surface area (Å²) in [5, 5.41) is 19.3. The summed E-state index contributed by atoms with van der Waals surface area (Å²) in [6.07, 6.45) is 8.68. The fourth-order valence-electron chi connectivity index (χ4n) is 6.21. The van der Waals surface area contributed by atoms with Crippen molar-refractivity contribution < 1.29 is 9.53 Å². The number of anilines is 2. The van der Waals surface area contributed by atoms with E-state index in [9.17, 15) is 15.3 Å². The van der Waals surface area contributed by atoms with Crippen LogP contribution in [0.4, 0.5) is 11.6 Å². The number of carbonyl (C=O) groups is 1. The minimum absolute atomic E-state index is 0.0224. The molecule has 214 valence electrons. The van der Waals surface area contributed by atoms with Crippen molar-refractivity contribution in [3.05, 3.63) is 35.4 Å². The van der Waals surface area contributed by atoms with E-state index in [1.165, 1.54) is 5.56 Å². The predicted octanol–water partition coefficient (Wildman–Crippen LogP) is 3.58. The van der Waals surface area contributed by atoms with Gasteiger partial charge < -0.3 is 24.3 Å². The number of hydrogen-bond acceptors (Lipinski definition) is 9. The lowest BCUT2D eigenvalue weighted by atomic mass is 9.66. The maximum atomic E-state index is 13.3. The third-order valence-electron chi connectivity index (χ3n) is 8.66. The van der Waals surface area contributed by atoms with Crippen LogP contribution in [0.5, 0.6) is 0 Å². The van der Waals surface area contributed by atoms with Crippen LogP contribution in [0.1, 0.15) is 59.4 Å². The van der Waals surface area contributed by atoms with Crippen molar-refractivity contribution in [2.75, 3.05) is 56.7 Å². The van der Waals surface area contributed by atoms with E-state index in [-0.39, 0.29) is 36.6 Å². The van der Waals surface area contributed by atoms with Crippen LogP contribution >= 0.6 is 0 Å². The van der Waals surface area contributed by atoms with Gasteiger partial charge in [0.25, 0.3) is 0 Å². The van der Waals surface area contributed by atoms with Gasteiger partial charge in [0.1, 0.15) is 23.8 Å². The largest absolute Gasteiger partial charge is 0.377 e. The van der Waals surface area contributed by atoms with Crippen molar-refractivity contribution in [3.63, 3.8) is 0 Å². The van der Waals surface area contributed by atoms with Gasteiger partial charge >= 0.3 is 0 Å². The number of hydrogen-bond donors (Lipinski definition) is 0. The second-order valence-corrected chi connectivity index (χ2v) is 11.4. The zero-order valence-electron chi connectivity index (χ0n) is 24.9. The molecule has 1 amide bonds. The number of fused-ring (bicyclic) bond motifs is 2. The van der Waals surface area contributed by atoms with Gasteiger partial charge in [-0.15, -0.1) is 0 Å². The van der Waals surface area contributed by atoms with Crippen LogP contribution < -0.4 is 9.80 Å². The number of amides is 1. The number of carbonyl (C=O) groups excluding carboxylic acids is 1. The Morgan fingerprint density at radius 3 is 2.30 bits per heavy atom. The van der Waals surface area contributed by atoms with E-state index in [2.05, 4.69) is 28.9 Å². The van der Waals surface area contributed by atoms with Crippen molar-refractivity contribution in [1.82, 2.24) is 19.8 Å². The van der Waals surface area contributed by atoms with Crippen molar-refractivity contribution in [2.24, 2.45) is 5.41 Å². The molecule has 40 heavy (non-hydrogen) atoms. The fraction of sp³-hybridized carbons (Fsp3) is 0.633. The maximum Gasteiger partial charge on any atom is 0.248 e. The van der Waals surface area contributed by atoms with E-state index in [1.54, 1.807) is 6.33 Å². The Kier molecular flexibility index (Phi) is 8.41. The minimum Gasteiger partial charge on any atom is -0.377 e. The summed E-state index contributed by atoms with van der Waals surface area (Å²) >= 11 is 0. The van der Waals surface area contributed by atoms with Crippen LogP contribution in [-0.2, 0) is 14.9 Å². The van der Waals surface area contributed by atoms with Crippen molar-refractivity contribution in [1.29, 1.82) is 10.5 Å². The molecule has 1 aromatic heterocycles. The number of piperazine rings is 1. The molecule has 2 atom stereocenters. The molecule has 5 rings (SSSR count). The Hall–Kier alpha value is -3.63. The number of allylic oxidation sites excluding steroid dienone is 3. The minimum atomic E-state index is -1.05. The molecule has 1 saturated carbocycles. The average Bonchev–Trinajstić information content (AvgIpc) is 3.27. The number of nitriles is 2. The van der Waals surface area contributed by atoms with Gasteiger partial charge in [0, 0.05) is 56.8 Å². The van der Waals surface area contributed by atoms with E-state index in [0.29, 0.717) is 18.7 Å². The first-order chi connectivity index (χ1) is 19.2. The van der Waals surface area contributed by atoms with Crippen LogP contribution in [0.15, 0.2) is 29.9 Å². The Morgan fingerprint density at radius 1 is 1.12 bits per heavy atom. The molecule has 1 spiro atoms. The van der Waals surface area contributed by atoms with Gasteiger partial charge in [-0.1, -0.05) is 26.3 Å². The lowest BCUT2D eigenvalue weighted by Gasteiger charge is -2.49. The molecule has 3 aliphatic heterocycles. The van der Waals surface area contributed by atoms with Gasteiger partial charge in [-0.25, -0.2) is 9.97 Å². The van der Waals surface area contributed by atoms with Crippen molar-refractivity contribution in [2.45, 2.75) is 71.4 Å². The van der Waals surface area contributed by atoms with Crippen LogP contribution in [0, 0.1) is 28.1 Å². The van der Waals surface area contributed by atoms with Gasteiger partial charge in [0.15, 0.2) is 5.41 Å². The van der Waals surface area contributed by atoms with Gasteiger partial charge in [-0.3, -0.25) is 4.79 Å². The van der Waals surface area contributed by atoms with Crippen molar-refractivity contribution in [3.8, 4) is 12.1 Å². The molecular weight excluding hydrogens is 504 g/mol. The highest BCUT2D eigenvalue weighted by Gasteiger charge is 2.53. The van der Waals surface area contributed by atoms with Crippen LogP contribution in [0.2, 0.25) is 0 Å². The molecule has 2 saturated heterocycles. The quantitative estimate of drug-likeness (QED) is 0.404. The van der Waals surface area contributed by atoms with Gasteiger partial charge in [-0.05, 0) is 39.7 Å². The molecule has 3 fully saturated rings. The Labute approximate surface area is 238 Å². The summed E-state index contributed by atoms with van der Waals surface area (Å²) in [4.78, 5) is 31.4. The molecule has 10 heteroatoms. The molecule has 0 aromatic carbocycles. The number of aromatic nitrogens is 2. The Balaban J connectivity index is 0.00000181. The Bertz CT molecular complexity index is 1270. The summed E-state index contributed by atoms with van der Waals surface area (Å²) in [7, 11) is 3.98. The Morgan fingerprint density at radius 2 is 1.80 bits per heavy atom. The second-order valence-electron chi connectivity index (χ2n) is 11.4. The van der Waals surface area contributed by atoms with Gasteiger partial charge in [0.2, 0.25) is 5.91 Å². The maximum absolute atomic E-state index is 13.3. The molecule has 0 bridgehead atoms. The lowest BCUT2D eigenvalue weighted by molar-refractivity contribution is -0.164. The molecule has 0 N–H and O–H groups in total. The first-order valence-corrected chi connectivity index (χ1v) is 14.4. The van der Waals surface area contributed by atoms with E-state index in [0.717, 1.165) is 43.3 Å². The zero-order chi connectivity index (χ0) is 29.2. The molecule has 1 aromatic rings. The predicted molar refractivity (Wildman–Crippen MR) is 154 cm³/mol. The average molecular weight is 547 g/mol. The van der Waals surface area contributed by atoms with E-state index in [1.807, 2.05) is 63.7 Å². The number of nitrogens with zero attached hydrogens (tertiary/aromatic N) is 8. The monoisotopic (exact) mass is 546 g/mol. The highest BCUT2D eigenvalue weighted by atomic mass is 16.5. The van der Waals surface area contributed by atoms with Crippen LogP contribution in [0.3, 0.4) is 0 Å². The van der Waals surface area contributed by atoms with Crippen LogP contribution in [0.25, 0.3) is 0 Å². The molecule has 4 heterocycles. The first kappa shape index (κ1) is 29.4. The summed E-state index contributed by atoms with van der Waals surface area (Å²) in [5.74, 6) is 2.64. The van der Waals surface area contributed by atoms with Crippen molar-refractivity contribution >= 4 is 17.5 Å². The van der Waals surface area contributed by atoms with E-state index >= 15 is 0 Å². The van der Waals surface area contributed by atoms with Gasteiger partial charge in [0.05, 0.1) is 30.9 Å². The highest BCUT2D eigenvalue weighted by Crippen LogP contribution is 2.56. The van der Waals surface area contributed by atoms with Gasteiger partial charge in [-0.2, -0.15) is 10.5 Å². The summed E-state index contributed by atoms with van der Waals surface area (Å²) < 4.78 is 5.24. The number of ether oxygens (including phenoxy) is 1. The molecule has 0 radical (unpaired) electrons. The summed E-state index contributed by atoms with van der Waals surface area (Å²) in [6, 6.07) is 4.43. The lowest BCUT2D eigenvalue weighted by Crippen LogP contribution is -2.64. The van der Waals surface area contributed by atoms with E-state index in [4.69, 9.17) is 14.7 Å². The third kappa shape index (κ3) is 4.69. The SMILES string of the molecule is C/C=C(C#N)\C=C(/N(C)C)N1CC2(CCC2)c2c1ncnc2N1C[C@@H](C)N(C(=O)C2(C#N)COC2)C[C@@H]1C.CC. The van der Waals surface area contributed by atoms with Crippen LogP contribution in [-0.4, -0.2) is 84.7 Å². The topological polar surface area (TPSA) is 113 Å².